The molecule has 0 saturated carbocycles. The van der Waals surface area contributed by atoms with Crippen LogP contribution in [0.1, 0.15) is 56.4 Å². The molecule has 0 unspecified atom stereocenters. The number of halogens is 1. The minimum absolute atomic E-state index is 0.0353. The van der Waals surface area contributed by atoms with E-state index in [0.717, 1.165) is 54.1 Å². The van der Waals surface area contributed by atoms with Gasteiger partial charge < -0.3 is 24.3 Å². The maximum absolute atomic E-state index is 14.3. The zero-order valence-electron chi connectivity index (χ0n) is 27.3. The lowest BCUT2D eigenvalue weighted by molar-refractivity contribution is -0.126. The number of carbonyl (C=O) groups excluding carboxylic acids is 1. The second-order valence-electron chi connectivity index (χ2n) is 11.6. The summed E-state index contributed by atoms with van der Waals surface area (Å²) in [5.74, 6) is 1.13. The van der Waals surface area contributed by atoms with Crippen LogP contribution in [-0.2, 0) is 17.6 Å². The first kappa shape index (κ1) is 34.8. The maximum Gasteiger partial charge on any atom is 0.318 e. The Kier molecular flexibility index (Phi) is 13.9. The fourth-order valence-electron chi connectivity index (χ4n) is 5.99. The lowest BCUT2D eigenvalue weighted by Crippen LogP contribution is -2.49. The van der Waals surface area contributed by atoms with E-state index in [1.165, 1.54) is 38.1 Å². The van der Waals surface area contributed by atoms with Crippen molar-refractivity contribution in [2.24, 2.45) is 5.92 Å². The average Bonchev–Trinajstić information content (AvgIpc) is 3.51. The van der Waals surface area contributed by atoms with Crippen molar-refractivity contribution in [1.29, 1.82) is 5.26 Å². The van der Waals surface area contributed by atoms with E-state index in [1.807, 2.05) is 49.8 Å². The number of para-hydroxylation sites is 1. The zero-order valence-corrected chi connectivity index (χ0v) is 27.3. The van der Waals surface area contributed by atoms with Crippen LogP contribution < -0.4 is 14.5 Å². The summed E-state index contributed by atoms with van der Waals surface area (Å²) >= 11 is 0. The van der Waals surface area contributed by atoms with Crippen molar-refractivity contribution >= 4 is 17.4 Å². The second kappa shape index (κ2) is 17.6. The maximum atomic E-state index is 14.3. The van der Waals surface area contributed by atoms with Crippen LogP contribution in [0.3, 0.4) is 0 Å². The van der Waals surface area contributed by atoms with Gasteiger partial charge in [-0.3, -0.25) is 4.79 Å². The van der Waals surface area contributed by atoms with Crippen LogP contribution in [0.15, 0.2) is 30.9 Å². The SMILES string of the molecule is C=CC(=O)N1CCN(c2nc(OCC)nc(C)c2CC[C@@H]2Cc3cccc(F)c3N(C)C2)CC1.CCC#N.CN1CCCC1. The summed E-state index contributed by atoms with van der Waals surface area (Å²) in [7, 11) is 4.14. The number of rotatable bonds is 7. The first-order valence-electron chi connectivity index (χ1n) is 15.9. The molecule has 0 bridgehead atoms. The predicted molar refractivity (Wildman–Crippen MR) is 175 cm³/mol. The minimum Gasteiger partial charge on any atom is -0.464 e. The number of hydrogen-bond donors (Lipinski definition) is 0. The third-order valence-electron chi connectivity index (χ3n) is 8.29. The zero-order chi connectivity index (χ0) is 32.1. The predicted octanol–water partition coefficient (Wildman–Crippen LogP) is 5.03. The number of piperazine rings is 1. The van der Waals surface area contributed by atoms with Gasteiger partial charge in [0.2, 0.25) is 5.91 Å². The van der Waals surface area contributed by atoms with E-state index in [1.54, 1.807) is 6.07 Å². The fourth-order valence-corrected chi connectivity index (χ4v) is 5.99. The van der Waals surface area contributed by atoms with E-state index in [9.17, 15) is 9.18 Å². The number of nitriles is 1. The first-order chi connectivity index (χ1) is 21.2. The highest BCUT2D eigenvalue weighted by Gasteiger charge is 2.27. The molecule has 1 atom stereocenters. The van der Waals surface area contributed by atoms with Gasteiger partial charge >= 0.3 is 6.01 Å². The number of anilines is 2. The molecule has 4 heterocycles. The van der Waals surface area contributed by atoms with Crippen LogP contribution in [0.4, 0.5) is 15.9 Å². The Hall–Kier alpha value is -3.71. The summed E-state index contributed by atoms with van der Waals surface area (Å²) in [4.78, 5) is 29.8. The quantitative estimate of drug-likeness (QED) is 0.405. The Balaban J connectivity index is 0.000000452. The average molecular weight is 608 g/mol. The van der Waals surface area contributed by atoms with Gasteiger partial charge in [0, 0.05) is 57.4 Å². The van der Waals surface area contributed by atoms with Gasteiger partial charge in [0.05, 0.1) is 18.4 Å². The standard InChI is InChI=1S/C26H34FN5O2.C5H11N.C3H5N/c1-5-23(33)31-12-14-32(15-13-31)25-21(18(3)28-26(29-25)34-6-2)11-10-19-16-20-8-7-9-22(27)24(20)30(4)17-19;1-6-4-2-3-5-6;1-2-3-4/h5,7-9,19H,1,6,10-17H2,2-4H3;2-5H2,1H3;2H2,1H3/t19-;;/m1../s1. The lowest BCUT2D eigenvalue weighted by atomic mass is 9.88. The van der Waals surface area contributed by atoms with Crippen molar-refractivity contribution in [3.63, 3.8) is 0 Å². The number of fused-ring (bicyclic) bond motifs is 1. The molecule has 2 saturated heterocycles. The molecule has 5 rings (SSSR count). The molecule has 1 amide bonds. The van der Waals surface area contributed by atoms with Gasteiger partial charge in [-0.1, -0.05) is 25.6 Å². The van der Waals surface area contributed by atoms with Crippen LogP contribution in [0, 0.1) is 30.0 Å². The topological polar surface area (TPSA) is 88.8 Å². The highest BCUT2D eigenvalue weighted by atomic mass is 19.1. The Morgan fingerprint density at radius 1 is 1.14 bits per heavy atom. The monoisotopic (exact) mass is 607 g/mol. The highest BCUT2D eigenvalue weighted by molar-refractivity contribution is 5.87. The molecule has 44 heavy (non-hydrogen) atoms. The number of ether oxygens (including phenoxy) is 1. The summed E-state index contributed by atoms with van der Waals surface area (Å²) in [5.41, 5.74) is 3.85. The molecular formula is C34H50FN7O2. The molecule has 1 aromatic carbocycles. The van der Waals surface area contributed by atoms with Gasteiger partial charge in [-0.25, -0.2) is 9.37 Å². The Labute approximate surface area is 263 Å². The summed E-state index contributed by atoms with van der Waals surface area (Å²) in [6.07, 6.45) is 7.48. The lowest BCUT2D eigenvalue weighted by Gasteiger charge is -2.36. The van der Waals surface area contributed by atoms with Gasteiger partial charge in [-0.05, 0) is 89.7 Å². The minimum atomic E-state index is -0.148. The molecule has 10 heteroatoms. The Morgan fingerprint density at radius 3 is 2.39 bits per heavy atom. The van der Waals surface area contributed by atoms with E-state index >= 15 is 0 Å². The summed E-state index contributed by atoms with van der Waals surface area (Å²) in [5, 5.41) is 7.62. The molecule has 3 aliphatic heterocycles. The van der Waals surface area contributed by atoms with Crippen molar-refractivity contribution in [1.82, 2.24) is 19.8 Å². The van der Waals surface area contributed by atoms with Gasteiger partial charge in [-0.2, -0.15) is 10.2 Å². The van der Waals surface area contributed by atoms with Crippen molar-refractivity contribution in [3.05, 3.63) is 53.5 Å². The van der Waals surface area contributed by atoms with Crippen LogP contribution in [0.5, 0.6) is 6.01 Å². The molecular weight excluding hydrogens is 557 g/mol. The number of aromatic nitrogens is 2. The molecule has 0 spiro atoms. The van der Waals surface area contributed by atoms with E-state index < -0.39 is 0 Å². The molecule has 0 aliphatic carbocycles. The van der Waals surface area contributed by atoms with E-state index in [2.05, 4.69) is 28.4 Å². The van der Waals surface area contributed by atoms with Crippen LogP contribution in [0.2, 0.25) is 0 Å². The normalized spacial score (nSPS) is 17.8. The highest BCUT2D eigenvalue weighted by Crippen LogP contribution is 2.34. The molecule has 240 valence electrons. The largest absolute Gasteiger partial charge is 0.464 e. The van der Waals surface area contributed by atoms with Crippen molar-refractivity contribution in [2.75, 3.05) is 76.3 Å². The smallest absolute Gasteiger partial charge is 0.318 e. The third kappa shape index (κ3) is 9.65. The Morgan fingerprint density at radius 2 is 1.82 bits per heavy atom. The van der Waals surface area contributed by atoms with Crippen LogP contribution in [0.25, 0.3) is 0 Å². The number of hydrogen-bond acceptors (Lipinski definition) is 8. The van der Waals surface area contributed by atoms with Gasteiger partial charge in [0.15, 0.2) is 0 Å². The fraction of sp³-hybridized carbons (Fsp3) is 0.588. The summed E-state index contributed by atoms with van der Waals surface area (Å²) in [6, 6.07) is 7.68. The summed E-state index contributed by atoms with van der Waals surface area (Å²) < 4.78 is 19.9. The molecule has 2 fully saturated rings. The van der Waals surface area contributed by atoms with Crippen molar-refractivity contribution < 1.29 is 13.9 Å². The van der Waals surface area contributed by atoms with Gasteiger partial charge in [0.25, 0.3) is 0 Å². The van der Waals surface area contributed by atoms with E-state index in [-0.39, 0.29) is 11.7 Å². The molecule has 1 aromatic heterocycles. The van der Waals surface area contributed by atoms with Crippen molar-refractivity contribution in [3.8, 4) is 12.1 Å². The Bertz CT molecular complexity index is 1270. The summed E-state index contributed by atoms with van der Waals surface area (Å²) in [6.45, 7) is 16.0. The van der Waals surface area contributed by atoms with Gasteiger partial charge in [0.1, 0.15) is 11.6 Å². The molecule has 0 N–H and O–H groups in total. The number of aryl methyl sites for hydroxylation is 1. The second-order valence-corrected chi connectivity index (χ2v) is 11.6. The molecule has 0 radical (unpaired) electrons. The number of benzene rings is 1. The van der Waals surface area contributed by atoms with Crippen molar-refractivity contribution in [2.45, 2.75) is 59.3 Å². The van der Waals surface area contributed by atoms with E-state index in [0.29, 0.717) is 51.1 Å². The molecule has 2 aromatic rings. The third-order valence-corrected chi connectivity index (χ3v) is 8.29. The number of amides is 1. The number of carbonyl (C=O) groups is 1. The van der Waals surface area contributed by atoms with Gasteiger partial charge in [-0.15, -0.1) is 0 Å². The molecule has 3 aliphatic rings. The van der Waals surface area contributed by atoms with Crippen LogP contribution in [-0.4, -0.2) is 92.2 Å². The molecule has 9 nitrogen and oxygen atoms in total. The number of likely N-dealkylation sites (tertiary alicyclic amines) is 1. The van der Waals surface area contributed by atoms with E-state index in [4.69, 9.17) is 15.0 Å². The van der Waals surface area contributed by atoms with Crippen LogP contribution >= 0.6 is 0 Å². The number of nitrogens with zero attached hydrogens (tertiary/aromatic N) is 7. The first-order valence-corrected chi connectivity index (χ1v) is 15.9.